The predicted octanol–water partition coefficient (Wildman–Crippen LogP) is -3.67. The number of ether oxygens (including phenoxy) is 1. The maximum absolute atomic E-state index is 13.0. The monoisotopic (exact) mass is 677 g/mol. The topological polar surface area (TPSA) is 286 Å². The number of quaternary nitrogens is 1. The Labute approximate surface area is 274 Å². The molecule has 0 rings (SSSR count). The van der Waals surface area contributed by atoms with Gasteiger partial charge in [-0.3, -0.25) is 33.6 Å². The standard InChI is InChI=1S/C29H52N6O12/c1-20(37)32-16-4-14-30-12-2-3-13-31-15-5-17-33-28(45)22(6-9-25(40)41)35-29(46)23(7-10-26(42)43)34-24(39)8-11-27(44)47-19-21(38)18-36/h21-23,30-31,36,38H,2-19H2,1H3,(H,32,37)(H,33,45)(H,34,39)(H,35,46)(H,40,41)(H,42,43)/p+1. The minimum Gasteiger partial charge on any atom is -0.481 e. The lowest BCUT2D eigenvalue weighted by Gasteiger charge is -2.22. The van der Waals surface area contributed by atoms with Crippen molar-refractivity contribution in [2.45, 2.75) is 89.3 Å². The number of rotatable bonds is 29. The van der Waals surface area contributed by atoms with E-state index in [1.54, 1.807) is 0 Å². The van der Waals surface area contributed by atoms with Gasteiger partial charge < -0.3 is 57.1 Å². The van der Waals surface area contributed by atoms with Crippen molar-refractivity contribution in [1.29, 1.82) is 0 Å². The number of carbonyl (C=O) groups excluding carboxylic acids is 5. The Kier molecular flexibility index (Phi) is 25.0. The Morgan fingerprint density at radius 1 is 0.702 bits per heavy atom. The Hall–Kier alpha value is -3.87. The number of nitrogens with one attached hydrogen (secondary N) is 5. The number of amides is 4. The average Bonchev–Trinajstić information content (AvgIpc) is 3.02. The van der Waals surface area contributed by atoms with E-state index in [4.69, 9.17) is 20.1 Å². The summed E-state index contributed by atoms with van der Waals surface area (Å²) in [5, 5.41) is 51.7. The molecule has 3 atom stereocenters. The summed E-state index contributed by atoms with van der Waals surface area (Å²) < 4.78 is 4.70. The number of carbonyl (C=O) groups is 7. The van der Waals surface area contributed by atoms with Gasteiger partial charge in [0.1, 0.15) is 24.8 Å². The summed E-state index contributed by atoms with van der Waals surface area (Å²) in [5.41, 5.74) is 0. The molecule has 0 aliphatic rings. The van der Waals surface area contributed by atoms with Crippen LogP contribution in [0.25, 0.3) is 0 Å². The number of hydrogen-bond donors (Lipinski definition) is 10. The third-order valence-electron chi connectivity index (χ3n) is 6.58. The van der Waals surface area contributed by atoms with Crippen LogP contribution in [0.1, 0.15) is 71.1 Å². The summed E-state index contributed by atoms with van der Waals surface area (Å²) in [6, 6.07) is -2.65. The van der Waals surface area contributed by atoms with Crippen molar-refractivity contribution in [2.75, 3.05) is 52.5 Å². The van der Waals surface area contributed by atoms with E-state index in [2.05, 4.69) is 31.9 Å². The molecule has 4 amide bonds. The number of aliphatic carboxylic acids is 2. The number of carboxylic acid groups (broad SMARTS) is 2. The summed E-state index contributed by atoms with van der Waals surface area (Å²) in [6.45, 7) is 4.64. The largest absolute Gasteiger partial charge is 0.481 e. The van der Waals surface area contributed by atoms with Gasteiger partial charge in [-0.2, -0.15) is 0 Å². The molecule has 0 spiro atoms. The second-order valence-electron chi connectivity index (χ2n) is 10.9. The zero-order valence-corrected chi connectivity index (χ0v) is 27.1. The number of aliphatic hydroxyl groups excluding tert-OH is 2. The van der Waals surface area contributed by atoms with Gasteiger partial charge in [0.2, 0.25) is 23.6 Å². The van der Waals surface area contributed by atoms with Crippen molar-refractivity contribution in [3.63, 3.8) is 0 Å². The maximum atomic E-state index is 13.0. The Balaban J connectivity index is 4.70. The molecule has 270 valence electrons. The molecule has 0 aromatic heterocycles. The molecule has 0 bridgehead atoms. The van der Waals surface area contributed by atoms with Crippen LogP contribution in [0.3, 0.4) is 0 Å². The lowest BCUT2D eigenvalue weighted by atomic mass is 10.1. The molecule has 0 saturated heterocycles. The van der Waals surface area contributed by atoms with Crippen molar-refractivity contribution in [2.24, 2.45) is 0 Å². The van der Waals surface area contributed by atoms with Crippen molar-refractivity contribution in [1.82, 2.24) is 26.6 Å². The third kappa shape index (κ3) is 26.0. The van der Waals surface area contributed by atoms with Gasteiger partial charge in [0.05, 0.1) is 26.1 Å². The fourth-order valence-corrected chi connectivity index (χ4v) is 4.01. The van der Waals surface area contributed by atoms with E-state index in [0.717, 1.165) is 45.4 Å². The summed E-state index contributed by atoms with van der Waals surface area (Å²) in [6.07, 6.45) is -0.170. The Morgan fingerprint density at radius 2 is 1.30 bits per heavy atom. The highest BCUT2D eigenvalue weighted by Gasteiger charge is 2.28. The normalized spacial score (nSPS) is 12.7. The van der Waals surface area contributed by atoms with Crippen LogP contribution >= 0.6 is 0 Å². The van der Waals surface area contributed by atoms with Gasteiger partial charge in [0, 0.05) is 45.7 Å². The smallest absolute Gasteiger partial charge is 0.306 e. The van der Waals surface area contributed by atoms with Gasteiger partial charge in [0.25, 0.3) is 0 Å². The summed E-state index contributed by atoms with van der Waals surface area (Å²) in [7, 11) is 0. The fourth-order valence-electron chi connectivity index (χ4n) is 4.01. The molecule has 18 nitrogen and oxygen atoms in total. The molecule has 3 unspecified atom stereocenters. The molecule has 0 aromatic rings. The quantitative estimate of drug-likeness (QED) is 0.0270. The first-order chi connectivity index (χ1) is 22.3. The van der Waals surface area contributed by atoms with Gasteiger partial charge in [-0.05, 0) is 45.2 Å². The lowest BCUT2D eigenvalue weighted by molar-refractivity contribution is -0.655. The highest BCUT2D eigenvalue weighted by atomic mass is 16.5. The van der Waals surface area contributed by atoms with Crippen LogP contribution in [0.15, 0.2) is 0 Å². The number of unbranched alkanes of at least 4 members (excludes halogenated alkanes) is 1. The fraction of sp³-hybridized carbons (Fsp3) is 0.759. The first-order valence-corrected chi connectivity index (χ1v) is 15.9. The van der Waals surface area contributed by atoms with Crippen molar-refractivity contribution in [3.05, 3.63) is 0 Å². The van der Waals surface area contributed by atoms with Crippen LogP contribution in [0.2, 0.25) is 0 Å². The zero-order valence-electron chi connectivity index (χ0n) is 27.1. The molecule has 47 heavy (non-hydrogen) atoms. The van der Waals surface area contributed by atoms with Crippen LogP contribution in [0.5, 0.6) is 0 Å². The summed E-state index contributed by atoms with van der Waals surface area (Å²) >= 11 is 0. The number of aliphatic hydroxyl groups is 2. The molecule has 0 aliphatic heterocycles. The van der Waals surface area contributed by atoms with Gasteiger partial charge >= 0.3 is 17.9 Å². The number of nitrogens with two attached hydrogens (primary N) is 1. The second-order valence-corrected chi connectivity index (χ2v) is 10.9. The van der Waals surface area contributed by atoms with Crippen molar-refractivity contribution in [3.8, 4) is 0 Å². The third-order valence-corrected chi connectivity index (χ3v) is 6.58. The summed E-state index contributed by atoms with van der Waals surface area (Å²) in [5.74, 6) is -5.63. The Bertz CT molecular complexity index is 983. The van der Waals surface area contributed by atoms with Crippen LogP contribution in [0, 0.1) is 0 Å². The van der Waals surface area contributed by atoms with Crippen molar-refractivity contribution < 1.29 is 64.0 Å². The maximum Gasteiger partial charge on any atom is 0.306 e. The van der Waals surface area contributed by atoms with Crippen LogP contribution < -0.4 is 31.9 Å². The molecule has 0 heterocycles. The van der Waals surface area contributed by atoms with Crippen LogP contribution in [0.4, 0.5) is 0 Å². The van der Waals surface area contributed by atoms with Crippen molar-refractivity contribution >= 4 is 41.5 Å². The number of hydrogen-bond acceptors (Lipinski definition) is 11. The van der Waals surface area contributed by atoms with E-state index in [1.165, 1.54) is 6.92 Å². The van der Waals surface area contributed by atoms with Gasteiger partial charge in [0.15, 0.2) is 0 Å². The van der Waals surface area contributed by atoms with E-state index < -0.39 is 92.7 Å². The molecule has 0 fully saturated rings. The molecule has 18 heteroatoms. The first kappa shape index (κ1) is 43.1. The van der Waals surface area contributed by atoms with E-state index in [-0.39, 0.29) is 25.3 Å². The highest BCUT2D eigenvalue weighted by molar-refractivity contribution is 5.93. The Morgan fingerprint density at radius 3 is 1.91 bits per heavy atom. The van der Waals surface area contributed by atoms with Crippen LogP contribution in [-0.4, -0.2) is 133 Å². The molecular weight excluding hydrogens is 624 g/mol. The molecule has 0 radical (unpaired) electrons. The molecular formula is C29H53N6O12+. The van der Waals surface area contributed by atoms with Gasteiger partial charge in [-0.25, -0.2) is 0 Å². The predicted molar refractivity (Wildman–Crippen MR) is 166 cm³/mol. The van der Waals surface area contributed by atoms with Gasteiger partial charge in [-0.15, -0.1) is 0 Å². The van der Waals surface area contributed by atoms with Gasteiger partial charge in [-0.1, -0.05) is 0 Å². The molecule has 11 N–H and O–H groups in total. The highest BCUT2D eigenvalue weighted by Crippen LogP contribution is 2.05. The van der Waals surface area contributed by atoms with Crippen LogP contribution in [-0.2, 0) is 38.3 Å². The van der Waals surface area contributed by atoms with E-state index in [0.29, 0.717) is 13.0 Å². The van der Waals surface area contributed by atoms with E-state index in [1.807, 2.05) is 0 Å². The lowest BCUT2D eigenvalue weighted by Crippen LogP contribution is -2.84. The van der Waals surface area contributed by atoms with E-state index >= 15 is 0 Å². The zero-order chi connectivity index (χ0) is 35.5. The second kappa shape index (κ2) is 27.3. The minimum absolute atomic E-state index is 0.0401. The minimum atomic E-state index is -1.39. The SMILES string of the molecule is CC(=O)NCCCNCCCC[NH2+]CCCNC(=O)C(CCC(=O)O)NC(=O)C(CCC(=O)O)NC(=O)CCC(=O)OCC(O)CO. The first-order valence-electron chi connectivity index (χ1n) is 15.9. The molecule has 0 saturated carbocycles. The molecule has 0 aliphatic carbocycles. The molecule has 0 aromatic carbocycles. The average molecular weight is 678 g/mol. The summed E-state index contributed by atoms with van der Waals surface area (Å²) in [4.78, 5) is 83.0. The van der Waals surface area contributed by atoms with E-state index in [9.17, 15) is 38.7 Å². The number of esters is 1. The number of carboxylic acids is 2.